The van der Waals surface area contributed by atoms with Crippen molar-refractivity contribution in [2.24, 2.45) is 5.73 Å². The summed E-state index contributed by atoms with van der Waals surface area (Å²) in [6.45, 7) is 5.37. The van der Waals surface area contributed by atoms with Crippen molar-refractivity contribution in [3.8, 4) is 5.75 Å². The zero-order valence-electron chi connectivity index (χ0n) is 13.8. The van der Waals surface area contributed by atoms with Crippen LogP contribution in [0.15, 0.2) is 24.3 Å². The van der Waals surface area contributed by atoms with E-state index in [2.05, 4.69) is 5.32 Å². The van der Waals surface area contributed by atoms with Gasteiger partial charge in [0.15, 0.2) is 0 Å². The highest BCUT2D eigenvalue weighted by atomic mass is 16.5. The fraction of sp³-hybridized carbons (Fsp3) is 0.529. The van der Waals surface area contributed by atoms with Gasteiger partial charge in [0.2, 0.25) is 0 Å². The van der Waals surface area contributed by atoms with Crippen LogP contribution >= 0.6 is 0 Å². The van der Waals surface area contributed by atoms with Crippen molar-refractivity contribution in [2.75, 3.05) is 19.7 Å². The van der Waals surface area contributed by atoms with Crippen LogP contribution in [0.2, 0.25) is 0 Å². The summed E-state index contributed by atoms with van der Waals surface area (Å²) in [6.07, 6.45) is 2.01. The first kappa shape index (κ1) is 17.3. The maximum Gasteiger partial charge on any atom is 0.325 e. The number of nitrogens with two attached hydrogens (primary N) is 1. The zero-order chi connectivity index (χ0) is 16.9. The van der Waals surface area contributed by atoms with E-state index in [0.717, 1.165) is 24.2 Å². The first-order valence-electron chi connectivity index (χ1n) is 8.16. The van der Waals surface area contributed by atoms with Crippen molar-refractivity contribution in [2.45, 2.75) is 38.6 Å². The minimum absolute atomic E-state index is 0.189. The Morgan fingerprint density at radius 1 is 1.17 bits per heavy atom. The molecule has 3 N–H and O–H groups in total. The predicted molar refractivity (Wildman–Crippen MR) is 88.1 cm³/mol. The summed E-state index contributed by atoms with van der Waals surface area (Å²) in [6, 6.07) is 7.01. The van der Waals surface area contributed by atoms with Crippen LogP contribution in [0.1, 0.15) is 38.7 Å². The Bertz CT molecular complexity index is 559. The van der Waals surface area contributed by atoms with Crippen LogP contribution in [0.3, 0.4) is 0 Å². The Labute approximate surface area is 137 Å². The van der Waals surface area contributed by atoms with E-state index in [0.29, 0.717) is 26.1 Å². The molecule has 3 amide bonds. The van der Waals surface area contributed by atoms with E-state index in [1.807, 2.05) is 38.1 Å². The van der Waals surface area contributed by atoms with Gasteiger partial charge in [-0.3, -0.25) is 9.69 Å². The van der Waals surface area contributed by atoms with Crippen molar-refractivity contribution < 1.29 is 14.3 Å². The topological polar surface area (TPSA) is 84.7 Å². The van der Waals surface area contributed by atoms with Gasteiger partial charge in [0, 0.05) is 6.54 Å². The van der Waals surface area contributed by atoms with Crippen LogP contribution in [-0.2, 0) is 10.3 Å². The van der Waals surface area contributed by atoms with Gasteiger partial charge in [-0.2, -0.15) is 0 Å². The number of amides is 3. The van der Waals surface area contributed by atoms with Gasteiger partial charge in [0.25, 0.3) is 5.91 Å². The highest BCUT2D eigenvalue weighted by molar-refractivity contribution is 6.07. The first-order valence-corrected chi connectivity index (χ1v) is 8.16. The number of carbonyl (C=O) groups is 2. The lowest BCUT2D eigenvalue weighted by atomic mass is 9.87. The van der Waals surface area contributed by atoms with E-state index >= 15 is 0 Å². The second-order valence-corrected chi connectivity index (χ2v) is 5.60. The second kappa shape index (κ2) is 7.46. The second-order valence-electron chi connectivity index (χ2n) is 5.60. The number of unbranched alkanes of at least 4 members (excludes halogenated alkanes) is 1. The van der Waals surface area contributed by atoms with Gasteiger partial charge in [-0.05, 0) is 50.4 Å². The van der Waals surface area contributed by atoms with Gasteiger partial charge < -0.3 is 15.8 Å². The monoisotopic (exact) mass is 319 g/mol. The summed E-state index contributed by atoms with van der Waals surface area (Å²) >= 11 is 0. The molecule has 1 heterocycles. The lowest BCUT2D eigenvalue weighted by Crippen LogP contribution is -2.43. The fourth-order valence-electron chi connectivity index (χ4n) is 2.89. The number of ether oxygens (including phenoxy) is 1. The molecule has 1 aliphatic heterocycles. The van der Waals surface area contributed by atoms with Crippen LogP contribution in [-0.4, -0.2) is 36.5 Å². The van der Waals surface area contributed by atoms with Crippen molar-refractivity contribution in [1.82, 2.24) is 10.2 Å². The van der Waals surface area contributed by atoms with Crippen molar-refractivity contribution >= 4 is 11.9 Å². The van der Waals surface area contributed by atoms with Crippen molar-refractivity contribution in [1.29, 1.82) is 0 Å². The summed E-state index contributed by atoms with van der Waals surface area (Å²) in [5, 5.41) is 2.88. The Morgan fingerprint density at radius 3 is 2.43 bits per heavy atom. The van der Waals surface area contributed by atoms with E-state index in [4.69, 9.17) is 10.5 Å². The molecule has 2 rings (SSSR count). The molecule has 0 aliphatic carbocycles. The normalized spacial score (nSPS) is 20.7. The summed E-state index contributed by atoms with van der Waals surface area (Å²) < 4.78 is 5.43. The number of hydrogen-bond donors (Lipinski definition) is 2. The maximum atomic E-state index is 12.9. The Hall–Kier alpha value is -2.08. The van der Waals surface area contributed by atoms with Crippen LogP contribution in [0, 0.1) is 0 Å². The molecule has 1 saturated heterocycles. The fourth-order valence-corrected chi connectivity index (χ4v) is 2.89. The number of urea groups is 1. The minimum atomic E-state index is -0.982. The van der Waals surface area contributed by atoms with Crippen molar-refractivity contribution in [3.63, 3.8) is 0 Å². The summed E-state index contributed by atoms with van der Waals surface area (Å²) in [7, 11) is 0. The molecule has 1 fully saturated rings. The molecule has 1 aromatic carbocycles. The zero-order valence-corrected chi connectivity index (χ0v) is 13.8. The molecule has 126 valence electrons. The highest BCUT2D eigenvalue weighted by Gasteiger charge is 2.50. The average molecular weight is 319 g/mol. The van der Waals surface area contributed by atoms with Crippen LogP contribution in [0.4, 0.5) is 4.79 Å². The van der Waals surface area contributed by atoms with E-state index in [-0.39, 0.29) is 11.9 Å². The number of imide groups is 1. The summed E-state index contributed by atoms with van der Waals surface area (Å²) in [5.41, 5.74) is 5.28. The maximum absolute atomic E-state index is 12.9. The Morgan fingerprint density at radius 2 is 1.87 bits per heavy atom. The molecular formula is C17H25N3O3. The number of nitrogens with zero attached hydrogens (tertiary/aromatic N) is 1. The molecule has 1 aromatic rings. The first-order chi connectivity index (χ1) is 11.1. The number of rotatable bonds is 8. The van der Waals surface area contributed by atoms with E-state index in [9.17, 15) is 9.59 Å². The molecule has 1 unspecified atom stereocenters. The average Bonchev–Trinajstić information content (AvgIpc) is 2.81. The van der Waals surface area contributed by atoms with Gasteiger partial charge in [0.1, 0.15) is 11.3 Å². The Balaban J connectivity index is 2.23. The van der Waals surface area contributed by atoms with Crippen LogP contribution in [0.25, 0.3) is 0 Å². The molecule has 0 bridgehead atoms. The van der Waals surface area contributed by atoms with E-state index < -0.39 is 5.54 Å². The molecule has 23 heavy (non-hydrogen) atoms. The third kappa shape index (κ3) is 3.32. The molecular weight excluding hydrogens is 294 g/mol. The van der Waals surface area contributed by atoms with Crippen LogP contribution < -0.4 is 15.8 Å². The molecule has 6 nitrogen and oxygen atoms in total. The Kier molecular flexibility index (Phi) is 5.60. The SMILES string of the molecule is CCOc1ccc(C2(CC)NC(=O)N(CCCCN)C2=O)cc1. The summed E-state index contributed by atoms with van der Waals surface area (Å²) in [5.74, 6) is 0.560. The predicted octanol–water partition coefficient (Wildman–Crippen LogP) is 1.98. The third-order valence-corrected chi connectivity index (χ3v) is 4.20. The van der Waals surface area contributed by atoms with E-state index in [1.54, 1.807) is 0 Å². The number of hydrogen-bond acceptors (Lipinski definition) is 4. The lowest BCUT2D eigenvalue weighted by Gasteiger charge is -2.26. The quantitative estimate of drug-likeness (QED) is 0.567. The highest BCUT2D eigenvalue weighted by Crippen LogP contribution is 2.33. The molecule has 0 saturated carbocycles. The van der Waals surface area contributed by atoms with Crippen molar-refractivity contribution in [3.05, 3.63) is 29.8 Å². The molecule has 1 atom stereocenters. The van der Waals surface area contributed by atoms with Crippen LogP contribution in [0.5, 0.6) is 5.75 Å². The number of nitrogens with one attached hydrogen (secondary N) is 1. The smallest absolute Gasteiger partial charge is 0.325 e. The minimum Gasteiger partial charge on any atom is -0.494 e. The molecule has 0 aromatic heterocycles. The van der Waals surface area contributed by atoms with Gasteiger partial charge in [-0.1, -0.05) is 19.1 Å². The number of carbonyl (C=O) groups excluding carboxylic acids is 2. The van der Waals surface area contributed by atoms with Gasteiger partial charge in [-0.15, -0.1) is 0 Å². The van der Waals surface area contributed by atoms with E-state index in [1.165, 1.54) is 4.90 Å². The standard InChI is InChI=1S/C17H25N3O3/c1-3-17(13-7-9-14(10-8-13)23-4-2)15(21)20(16(22)19-17)12-6-5-11-18/h7-10H,3-6,11-12,18H2,1-2H3,(H,19,22). The van der Waals surface area contributed by atoms with Gasteiger partial charge in [0.05, 0.1) is 6.61 Å². The molecule has 1 aliphatic rings. The number of benzene rings is 1. The lowest BCUT2D eigenvalue weighted by molar-refractivity contribution is -0.131. The molecule has 0 radical (unpaired) electrons. The third-order valence-electron chi connectivity index (χ3n) is 4.20. The molecule has 6 heteroatoms. The largest absolute Gasteiger partial charge is 0.494 e. The summed E-state index contributed by atoms with van der Waals surface area (Å²) in [4.78, 5) is 26.4. The molecule has 0 spiro atoms. The van der Waals surface area contributed by atoms with Gasteiger partial charge >= 0.3 is 6.03 Å². The van der Waals surface area contributed by atoms with Gasteiger partial charge in [-0.25, -0.2) is 4.79 Å².